The fraction of sp³-hybridized carbons (Fsp3) is 0.160. The number of carbonyl (C=O) groups is 3. The zero-order valence-corrected chi connectivity index (χ0v) is 16.8. The van der Waals surface area contributed by atoms with E-state index in [0.717, 1.165) is 11.1 Å². The highest BCUT2D eigenvalue weighted by Gasteiger charge is 2.41. The molecule has 0 aromatic heterocycles. The zero-order valence-electron chi connectivity index (χ0n) is 16.8. The lowest BCUT2D eigenvalue weighted by molar-refractivity contribution is -0.135. The van der Waals surface area contributed by atoms with Crippen LogP contribution in [-0.4, -0.2) is 22.7 Å². The number of fused-ring (bicyclic) bond motifs is 1. The molecule has 0 radical (unpaired) electrons. The van der Waals surface area contributed by atoms with Gasteiger partial charge in [-0.05, 0) is 42.7 Å². The van der Waals surface area contributed by atoms with Gasteiger partial charge in [-0.1, -0.05) is 60.7 Å². The molecule has 1 aliphatic rings. The van der Waals surface area contributed by atoms with Gasteiger partial charge in [0.1, 0.15) is 5.75 Å². The number of carbonyl (C=O) groups excluding carboxylic acids is 3. The molecular weight excluding hydrogens is 378 g/mol. The number of ether oxygens (including phenoxy) is 1. The SMILES string of the molecule is Cc1cccc(C)c1OC(=O)C[C@H](c1ccccc1)N1C(=O)c2ccccc2C1=O. The van der Waals surface area contributed by atoms with Crippen LogP contribution in [0.25, 0.3) is 0 Å². The largest absolute Gasteiger partial charge is 0.426 e. The van der Waals surface area contributed by atoms with Crippen LogP contribution < -0.4 is 4.74 Å². The first kappa shape index (κ1) is 19.6. The number of aryl methyl sites for hydroxylation is 2. The number of benzene rings is 3. The topological polar surface area (TPSA) is 63.7 Å². The third kappa shape index (κ3) is 3.50. The van der Waals surface area contributed by atoms with Crippen LogP contribution in [0.2, 0.25) is 0 Å². The Kier molecular flexibility index (Phi) is 5.19. The first-order valence-corrected chi connectivity index (χ1v) is 9.76. The van der Waals surface area contributed by atoms with Gasteiger partial charge in [-0.3, -0.25) is 19.3 Å². The van der Waals surface area contributed by atoms with Crippen LogP contribution >= 0.6 is 0 Å². The normalized spacial score (nSPS) is 13.9. The van der Waals surface area contributed by atoms with Crippen molar-refractivity contribution >= 4 is 17.8 Å². The number of imide groups is 1. The summed E-state index contributed by atoms with van der Waals surface area (Å²) in [4.78, 5) is 40.1. The summed E-state index contributed by atoms with van der Waals surface area (Å²) in [5, 5.41) is 0. The summed E-state index contributed by atoms with van der Waals surface area (Å²) in [5.74, 6) is -0.789. The Morgan fingerprint density at radius 3 is 1.90 bits per heavy atom. The smallest absolute Gasteiger partial charge is 0.313 e. The van der Waals surface area contributed by atoms with E-state index in [9.17, 15) is 14.4 Å². The minimum absolute atomic E-state index is 0.136. The highest BCUT2D eigenvalue weighted by atomic mass is 16.5. The molecule has 4 rings (SSSR count). The standard InChI is InChI=1S/C25H21NO4/c1-16-9-8-10-17(2)23(16)30-22(27)15-21(18-11-4-3-5-12-18)26-24(28)19-13-6-7-14-20(19)25(26)29/h3-14,21H,15H2,1-2H3/t21-/m1/s1. The number of hydrogen-bond acceptors (Lipinski definition) is 4. The number of hydrogen-bond donors (Lipinski definition) is 0. The molecule has 2 amide bonds. The van der Waals surface area contributed by atoms with E-state index in [1.165, 1.54) is 4.90 Å². The molecule has 0 saturated carbocycles. The number of nitrogens with zero attached hydrogens (tertiary/aromatic N) is 1. The Labute approximate surface area is 174 Å². The maximum Gasteiger partial charge on any atom is 0.313 e. The lowest BCUT2D eigenvalue weighted by atomic mass is 10.0. The molecule has 0 saturated heterocycles. The minimum atomic E-state index is -0.754. The zero-order chi connectivity index (χ0) is 21.3. The lowest BCUT2D eigenvalue weighted by Gasteiger charge is -2.26. The van der Waals surface area contributed by atoms with Crippen molar-refractivity contribution in [3.8, 4) is 5.75 Å². The molecule has 1 atom stereocenters. The molecule has 1 aliphatic heterocycles. The maximum atomic E-state index is 13.0. The third-order valence-corrected chi connectivity index (χ3v) is 5.31. The molecular formula is C25H21NO4. The second-order valence-corrected chi connectivity index (χ2v) is 7.35. The predicted octanol–water partition coefficient (Wildman–Crippen LogP) is 4.64. The molecule has 3 aromatic carbocycles. The van der Waals surface area contributed by atoms with E-state index >= 15 is 0 Å². The van der Waals surface area contributed by atoms with Crippen LogP contribution in [0.5, 0.6) is 5.75 Å². The van der Waals surface area contributed by atoms with Crippen molar-refractivity contribution < 1.29 is 19.1 Å². The molecule has 0 spiro atoms. The van der Waals surface area contributed by atoms with Gasteiger partial charge in [-0.15, -0.1) is 0 Å². The van der Waals surface area contributed by atoms with Crippen molar-refractivity contribution in [3.63, 3.8) is 0 Å². The van der Waals surface area contributed by atoms with Gasteiger partial charge in [0.2, 0.25) is 0 Å². The minimum Gasteiger partial charge on any atom is -0.426 e. The molecule has 5 heteroatoms. The van der Waals surface area contributed by atoms with Crippen molar-refractivity contribution in [2.45, 2.75) is 26.3 Å². The van der Waals surface area contributed by atoms with Crippen LogP contribution in [0.1, 0.15) is 49.9 Å². The summed E-state index contributed by atoms with van der Waals surface area (Å²) in [6, 6.07) is 20.7. The van der Waals surface area contributed by atoms with Crippen LogP contribution in [0.3, 0.4) is 0 Å². The Morgan fingerprint density at radius 2 is 1.33 bits per heavy atom. The second-order valence-electron chi connectivity index (χ2n) is 7.35. The van der Waals surface area contributed by atoms with Crippen LogP contribution in [0, 0.1) is 13.8 Å². The average molecular weight is 399 g/mol. The van der Waals surface area contributed by atoms with Gasteiger partial charge in [-0.25, -0.2) is 0 Å². The molecule has 150 valence electrons. The quantitative estimate of drug-likeness (QED) is 0.356. The van der Waals surface area contributed by atoms with Crippen molar-refractivity contribution in [2.75, 3.05) is 0 Å². The van der Waals surface area contributed by atoms with E-state index in [1.54, 1.807) is 36.4 Å². The van der Waals surface area contributed by atoms with E-state index in [-0.39, 0.29) is 6.42 Å². The summed E-state index contributed by atoms with van der Waals surface area (Å²) in [5.41, 5.74) is 3.10. The van der Waals surface area contributed by atoms with E-state index in [4.69, 9.17) is 4.74 Å². The Hall–Kier alpha value is -3.73. The molecule has 5 nitrogen and oxygen atoms in total. The molecule has 0 N–H and O–H groups in total. The van der Waals surface area contributed by atoms with Gasteiger partial charge in [-0.2, -0.15) is 0 Å². The van der Waals surface area contributed by atoms with Gasteiger partial charge in [0.05, 0.1) is 23.6 Å². The average Bonchev–Trinajstić information content (AvgIpc) is 3.00. The Balaban J connectivity index is 1.66. The second kappa shape index (κ2) is 7.95. The molecule has 0 aliphatic carbocycles. The first-order chi connectivity index (χ1) is 14.5. The number of para-hydroxylation sites is 1. The Morgan fingerprint density at radius 1 is 0.800 bits per heavy atom. The van der Waals surface area contributed by atoms with E-state index in [0.29, 0.717) is 22.4 Å². The fourth-order valence-electron chi connectivity index (χ4n) is 3.80. The van der Waals surface area contributed by atoms with Crippen molar-refractivity contribution in [2.24, 2.45) is 0 Å². The first-order valence-electron chi connectivity index (χ1n) is 9.76. The van der Waals surface area contributed by atoms with E-state index in [2.05, 4.69) is 0 Å². The van der Waals surface area contributed by atoms with E-state index < -0.39 is 23.8 Å². The van der Waals surface area contributed by atoms with Crippen molar-refractivity contribution in [1.29, 1.82) is 0 Å². The molecule has 0 fully saturated rings. The summed E-state index contributed by atoms with van der Waals surface area (Å²) < 4.78 is 5.65. The van der Waals surface area contributed by atoms with Gasteiger partial charge in [0.15, 0.2) is 0 Å². The molecule has 1 heterocycles. The maximum absolute atomic E-state index is 13.0. The fourth-order valence-corrected chi connectivity index (χ4v) is 3.80. The molecule has 30 heavy (non-hydrogen) atoms. The van der Waals surface area contributed by atoms with Crippen LogP contribution in [0.4, 0.5) is 0 Å². The summed E-state index contributed by atoms with van der Waals surface area (Å²) in [6.07, 6.45) is -0.136. The highest BCUT2D eigenvalue weighted by Crippen LogP contribution is 2.34. The molecule has 0 unspecified atom stereocenters. The highest BCUT2D eigenvalue weighted by molar-refractivity contribution is 6.21. The predicted molar refractivity (Wildman–Crippen MR) is 112 cm³/mol. The Bertz CT molecular complexity index is 1080. The monoisotopic (exact) mass is 399 g/mol. The number of rotatable bonds is 5. The number of amides is 2. The van der Waals surface area contributed by atoms with E-state index in [1.807, 2.05) is 50.2 Å². The third-order valence-electron chi connectivity index (χ3n) is 5.31. The van der Waals surface area contributed by atoms with Crippen LogP contribution in [-0.2, 0) is 4.79 Å². The molecule has 0 bridgehead atoms. The van der Waals surface area contributed by atoms with Gasteiger partial charge in [0.25, 0.3) is 11.8 Å². The molecule has 3 aromatic rings. The van der Waals surface area contributed by atoms with Crippen molar-refractivity contribution in [3.05, 3.63) is 101 Å². The van der Waals surface area contributed by atoms with Gasteiger partial charge in [0, 0.05) is 0 Å². The lowest BCUT2D eigenvalue weighted by Crippen LogP contribution is -2.36. The van der Waals surface area contributed by atoms with Crippen molar-refractivity contribution in [1.82, 2.24) is 4.90 Å². The van der Waals surface area contributed by atoms with Gasteiger partial charge >= 0.3 is 5.97 Å². The number of esters is 1. The summed E-state index contributed by atoms with van der Waals surface area (Å²) in [7, 11) is 0. The van der Waals surface area contributed by atoms with Crippen LogP contribution in [0.15, 0.2) is 72.8 Å². The summed E-state index contributed by atoms with van der Waals surface area (Å²) in [6.45, 7) is 3.74. The van der Waals surface area contributed by atoms with Gasteiger partial charge < -0.3 is 4.74 Å². The summed E-state index contributed by atoms with van der Waals surface area (Å²) >= 11 is 0.